The second kappa shape index (κ2) is 5.07. The molecule has 0 heterocycles. The molecule has 66 valence electrons. The fraction of sp³-hybridized carbons (Fsp3) is 0.857. The highest BCUT2D eigenvalue weighted by atomic mass is 19.1. The number of alkyl halides is 1. The zero-order chi connectivity index (χ0) is 8.85. The topological polar surface area (TPSA) is 49.3 Å². The minimum Gasteiger partial charge on any atom is -0.383 e. The number of amides is 1. The zero-order valence-electron chi connectivity index (χ0n) is 6.80. The van der Waals surface area contributed by atoms with Gasteiger partial charge < -0.3 is 10.4 Å². The molecule has 0 aromatic heterocycles. The van der Waals surface area contributed by atoms with Crippen LogP contribution in [0.5, 0.6) is 0 Å². The van der Waals surface area contributed by atoms with Gasteiger partial charge in [0.15, 0.2) is 0 Å². The summed E-state index contributed by atoms with van der Waals surface area (Å²) in [5.74, 6) is -0.632. The SMILES string of the molecule is CC(C)[C@H](O)C(=O)NCCF. The van der Waals surface area contributed by atoms with E-state index in [-0.39, 0.29) is 12.5 Å². The molecule has 0 aliphatic rings. The van der Waals surface area contributed by atoms with Crippen molar-refractivity contribution in [2.24, 2.45) is 5.92 Å². The Balaban J connectivity index is 3.64. The molecule has 1 amide bonds. The molecule has 2 N–H and O–H groups in total. The largest absolute Gasteiger partial charge is 0.383 e. The molecule has 0 rings (SSSR count). The number of nitrogens with one attached hydrogen (secondary N) is 1. The number of carbonyl (C=O) groups is 1. The number of halogens is 1. The molecule has 0 aromatic rings. The van der Waals surface area contributed by atoms with Gasteiger partial charge in [-0.2, -0.15) is 0 Å². The number of rotatable bonds is 4. The van der Waals surface area contributed by atoms with E-state index in [9.17, 15) is 9.18 Å². The zero-order valence-corrected chi connectivity index (χ0v) is 6.80. The van der Waals surface area contributed by atoms with E-state index in [1.165, 1.54) is 0 Å². The number of aliphatic hydroxyl groups excluding tert-OH is 1. The van der Waals surface area contributed by atoms with Gasteiger partial charge >= 0.3 is 0 Å². The number of aliphatic hydroxyl groups is 1. The molecule has 1 atom stereocenters. The minimum absolute atomic E-state index is 0.0252. The third-order valence-corrected chi connectivity index (χ3v) is 1.29. The van der Waals surface area contributed by atoms with Crippen molar-refractivity contribution in [3.8, 4) is 0 Å². The summed E-state index contributed by atoms with van der Waals surface area (Å²) in [6.45, 7) is 2.82. The van der Waals surface area contributed by atoms with E-state index >= 15 is 0 Å². The summed E-state index contributed by atoms with van der Waals surface area (Å²) in [7, 11) is 0. The van der Waals surface area contributed by atoms with E-state index in [0.29, 0.717) is 0 Å². The first-order chi connectivity index (χ1) is 5.09. The lowest BCUT2D eigenvalue weighted by Gasteiger charge is -2.12. The fourth-order valence-corrected chi connectivity index (χ4v) is 0.578. The summed E-state index contributed by atoms with van der Waals surface area (Å²) in [6, 6.07) is 0. The first-order valence-corrected chi connectivity index (χ1v) is 3.61. The molecule has 0 aromatic carbocycles. The Morgan fingerprint density at radius 2 is 2.18 bits per heavy atom. The third kappa shape index (κ3) is 3.93. The van der Waals surface area contributed by atoms with Gasteiger partial charge in [0.05, 0.1) is 0 Å². The van der Waals surface area contributed by atoms with Crippen LogP contribution in [0, 0.1) is 5.92 Å². The standard InChI is InChI=1S/C7H14FNO2/c1-5(2)6(10)7(11)9-4-3-8/h5-6,10H,3-4H2,1-2H3,(H,9,11)/t6-/m0/s1. The first-order valence-electron chi connectivity index (χ1n) is 3.61. The molecule has 0 unspecified atom stereocenters. The lowest BCUT2D eigenvalue weighted by molar-refractivity contribution is -0.131. The maximum atomic E-state index is 11.5. The van der Waals surface area contributed by atoms with Gasteiger partial charge in [-0.25, -0.2) is 4.39 Å². The highest BCUT2D eigenvalue weighted by Crippen LogP contribution is 1.99. The van der Waals surface area contributed by atoms with E-state index in [1.807, 2.05) is 0 Å². The van der Waals surface area contributed by atoms with Gasteiger partial charge in [-0.05, 0) is 5.92 Å². The van der Waals surface area contributed by atoms with Crippen LogP contribution in [-0.2, 0) is 4.79 Å². The van der Waals surface area contributed by atoms with Gasteiger partial charge in [0.2, 0.25) is 5.91 Å². The monoisotopic (exact) mass is 163 g/mol. The van der Waals surface area contributed by atoms with Gasteiger partial charge in [0, 0.05) is 6.54 Å². The summed E-state index contributed by atoms with van der Waals surface area (Å²) in [4.78, 5) is 10.8. The van der Waals surface area contributed by atoms with Crippen LogP contribution in [0.25, 0.3) is 0 Å². The van der Waals surface area contributed by atoms with Gasteiger partial charge in [0.1, 0.15) is 12.8 Å². The summed E-state index contributed by atoms with van der Waals surface area (Å²) in [5, 5.41) is 11.3. The van der Waals surface area contributed by atoms with Crippen molar-refractivity contribution >= 4 is 5.91 Å². The van der Waals surface area contributed by atoms with Gasteiger partial charge in [-0.1, -0.05) is 13.8 Å². The molecule has 3 nitrogen and oxygen atoms in total. The molecule has 11 heavy (non-hydrogen) atoms. The van der Waals surface area contributed by atoms with Crippen molar-refractivity contribution in [2.45, 2.75) is 20.0 Å². The van der Waals surface area contributed by atoms with Crippen LogP contribution in [0.1, 0.15) is 13.8 Å². The van der Waals surface area contributed by atoms with Gasteiger partial charge in [0.25, 0.3) is 0 Å². The van der Waals surface area contributed by atoms with Crippen molar-refractivity contribution < 1.29 is 14.3 Å². The third-order valence-electron chi connectivity index (χ3n) is 1.29. The summed E-state index contributed by atoms with van der Waals surface area (Å²) >= 11 is 0. The Morgan fingerprint density at radius 1 is 1.64 bits per heavy atom. The predicted molar refractivity (Wildman–Crippen MR) is 39.8 cm³/mol. The van der Waals surface area contributed by atoms with Crippen LogP contribution >= 0.6 is 0 Å². The molecule has 0 bridgehead atoms. The Kier molecular flexibility index (Phi) is 4.77. The summed E-state index contributed by atoms with van der Waals surface area (Å²) in [6.07, 6.45) is -1.03. The Morgan fingerprint density at radius 3 is 2.55 bits per heavy atom. The average molecular weight is 163 g/mol. The Labute approximate surface area is 65.6 Å². The van der Waals surface area contributed by atoms with Crippen molar-refractivity contribution in [3.05, 3.63) is 0 Å². The second-order valence-electron chi connectivity index (χ2n) is 2.67. The van der Waals surface area contributed by atoms with E-state index in [1.54, 1.807) is 13.8 Å². The first kappa shape index (κ1) is 10.4. The fourth-order valence-electron chi connectivity index (χ4n) is 0.578. The van der Waals surface area contributed by atoms with Crippen molar-refractivity contribution in [2.75, 3.05) is 13.2 Å². The van der Waals surface area contributed by atoms with Crippen LogP contribution in [0.4, 0.5) is 4.39 Å². The van der Waals surface area contributed by atoms with E-state index < -0.39 is 18.7 Å². The predicted octanol–water partition coefficient (Wildman–Crippen LogP) is 0.0890. The second-order valence-corrected chi connectivity index (χ2v) is 2.67. The maximum absolute atomic E-state index is 11.5. The van der Waals surface area contributed by atoms with Crippen LogP contribution in [0.15, 0.2) is 0 Å². The minimum atomic E-state index is -1.03. The summed E-state index contributed by atoms with van der Waals surface area (Å²) in [5.41, 5.74) is 0. The molecular formula is C7H14FNO2. The van der Waals surface area contributed by atoms with E-state index in [2.05, 4.69) is 5.32 Å². The molecule has 0 fully saturated rings. The van der Waals surface area contributed by atoms with Crippen LogP contribution < -0.4 is 5.32 Å². The van der Waals surface area contributed by atoms with Crippen molar-refractivity contribution in [1.29, 1.82) is 0 Å². The van der Waals surface area contributed by atoms with Crippen molar-refractivity contribution in [1.82, 2.24) is 5.32 Å². The molecule has 0 radical (unpaired) electrons. The highest BCUT2D eigenvalue weighted by Gasteiger charge is 2.17. The Bertz CT molecular complexity index is 128. The molecule has 0 saturated carbocycles. The smallest absolute Gasteiger partial charge is 0.249 e. The molecule has 0 aliphatic heterocycles. The quantitative estimate of drug-likeness (QED) is 0.617. The molecule has 0 saturated heterocycles. The van der Waals surface area contributed by atoms with E-state index in [4.69, 9.17) is 5.11 Å². The number of hydrogen-bond donors (Lipinski definition) is 2. The number of carbonyl (C=O) groups excluding carboxylic acids is 1. The average Bonchev–Trinajstić information content (AvgIpc) is 1.98. The normalized spacial score (nSPS) is 13.2. The summed E-state index contributed by atoms with van der Waals surface area (Å²) < 4.78 is 11.5. The van der Waals surface area contributed by atoms with Crippen LogP contribution in [0.2, 0.25) is 0 Å². The van der Waals surface area contributed by atoms with Gasteiger partial charge in [-0.15, -0.1) is 0 Å². The maximum Gasteiger partial charge on any atom is 0.249 e. The van der Waals surface area contributed by atoms with E-state index in [0.717, 1.165) is 0 Å². The number of hydrogen-bond acceptors (Lipinski definition) is 2. The van der Waals surface area contributed by atoms with Crippen LogP contribution in [0.3, 0.4) is 0 Å². The van der Waals surface area contributed by atoms with Gasteiger partial charge in [-0.3, -0.25) is 4.79 Å². The molecule has 4 heteroatoms. The lowest BCUT2D eigenvalue weighted by atomic mass is 10.1. The Hall–Kier alpha value is -0.640. The molecular weight excluding hydrogens is 149 g/mol. The van der Waals surface area contributed by atoms with Crippen LogP contribution in [-0.4, -0.2) is 30.3 Å². The molecule has 0 aliphatic carbocycles. The van der Waals surface area contributed by atoms with Crippen molar-refractivity contribution in [3.63, 3.8) is 0 Å². The highest BCUT2D eigenvalue weighted by molar-refractivity contribution is 5.80. The molecule has 0 spiro atoms. The lowest BCUT2D eigenvalue weighted by Crippen LogP contribution is -2.38.